The fourth-order valence-electron chi connectivity index (χ4n) is 1.27. The van der Waals surface area contributed by atoms with Crippen LogP contribution < -0.4 is 10.1 Å². The van der Waals surface area contributed by atoms with Gasteiger partial charge >= 0.3 is 0 Å². The minimum atomic E-state index is 0.0442. The van der Waals surface area contributed by atoms with Crippen LogP contribution in [0.3, 0.4) is 0 Å². The van der Waals surface area contributed by atoms with Gasteiger partial charge in [0.05, 0.1) is 12.6 Å². The number of carbonyl (C=O) groups excluding carboxylic acids is 1. The standard InChI is InChI=1S/C12H17NO2/c1-3-8-15-12-6-4-11(5-7-12)10(2)13-9-14/h4-7,9-10H,3,8H2,1-2H3,(H,13,14)/t10-/m1/s1. The van der Waals surface area contributed by atoms with Crippen molar-refractivity contribution < 1.29 is 9.53 Å². The van der Waals surface area contributed by atoms with Crippen molar-refractivity contribution in [2.45, 2.75) is 26.3 Å². The largest absolute Gasteiger partial charge is 0.494 e. The van der Waals surface area contributed by atoms with Crippen LogP contribution in [-0.4, -0.2) is 13.0 Å². The third-order valence-corrected chi connectivity index (χ3v) is 2.17. The molecular weight excluding hydrogens is 190 g/mol. The molecule has 0 aliphatic rings. The van der Waals surface area contributed by atoms with Crippen molar-refractivity contribution in [3.05, 3.63) is 29.8 Å². The number of hydrogen-bond acceptors (Lipinski definition) is 2. The van der Waals surface area contributed by atoms with Gasteiger partial charge in [0.15, 0.2) is 0 Å². The van der Waals surface area contributed by atoms with Gasteiger partial charge in [0.1, 0.15) is 5.75 Å². The van der Waals surface area contributed by atoms with E-state index in [1.165, 1.54) is 0 Å². The summed E-state index contributed by atoms with van der Waals surface area (Å²) in [5.41, 5.74) is 1.07. The van der Waals surface area contributed by atoms with Gasteiger partial charge in [0.2, 0.25) is 6.41 Å². The van der Waals surface area contributed by atoms with Crippen molar-refractivity contribution in [3.63, 3.8) is 0 Å². The van der Waals surface area contributed by atoms with E-state index in [2.05, 4.69) is 12.2 Å². The second kappa shape index (κ2) is 6.06. The molecule has 0 fully saturated rings. The summed E-state index contributed by atoms with van der Waals surface area (Å²) in [7, 11) is 0. The molecule has 0 aliphatic carbocycles. The Bertz CT molecular complexity index is 295. The number of amides is 1. The summed E-state index contributed by atoms with van der Waals surface area (Å²) in [4.78, 5) is 10.3. The van der Waals surface area contributed by atoms with Crippen molar-refractivity contribution in [1.82, 2.24) is 5.32 Å². The van der Waals surface area contributed by atoms with Crippen LogP contribution in [0.4, 0.5) is 0 Å². The molecule has 15 heavy (non-hydrogen) atoms. The summed E-state index contributed by atoms with van der Waals surface area (Å²) in [6.45, 7) is 4.75. The average Bonchev–Trinajstić information content (AvgIpc) is 2.27. The monoisotopic (exact) mass is 207 g/mol. The van der Waals surface area contributed by atoms with E-state index < -0.39 is 0 Å². The molecule has 0 aliphatic heterocycles. The molecule has 3 heteroatoms. The Labute approximate surface area is 90.4 Å². The molecule has 1 amide bonds. The van der Waals surface area contributed by atoms with E-state index in [1.54, 1.807) is 0 Å². The van der Waals surface area contributed by atoms with Crippen LogP contribution in [0.1, 0.15) is 31.9 Å². The normalized spacial score (nSPS) is 11.9. The molecule has 1 rings (SSSR count). The third kappa shape index (κ3) is 3.62. The maximum atomic E-state index is 10.3. The summed E-state index contributed by atoms with van der Waals surface area (Å²) >= 11 is 0. The molecule has 1 aromatic carbocycles. The molecule has 1 N–H and O–H groups in total. The van der Waals surface area contributed by atoms with E-state index in [0.717, 1.165) is 24.3 Å². The highest BCUT2D eigenvalue weighted by atomic mass is 16.5. The lowest BCUT2D eigenvalue weighted by molar-refractivity contribution is -0.110. The predicted molar refractivity (Wildman–Crippen MR) is 59.8 cm³/mol. The molecule has 0 radical (unpaired) electrons. The Morgan fingerprint density at radius 2 is 2.07 bits per heavy atom. The lowest BCUT2D eigenvalue weighted by Gasteiger charge is -2.11. The van der Waals surface area contributed by atoms with Crippen LogP contribution in [0, 0.1) is 0 Å². The smallest absolute Gasteiger partial charge is 0.207 e. The Morgan fingerprint density at radius 3 is 2.60 bits per heavy atom. The van der Waals surface area contributed by atoms with Gasteiger partial charge in [-0.15, -0.1) is 0 Å². The molecule has 0 heterocycles. The summed E-state index contributed by atoms with van der Waals surface area (Å²) < 4.78 is 5.46. The average molecular weight is 207 g/mol. The van der Waals surface area contributed by atoms with Crippen LogP contribution >= 0.6 is 0 Å². The fourth-order valence-corrected chi connectivity index (χ4v) is 1.27. The first-order valence-electron chi connectivity index (χ1n) is 5.20. The molecular formula is C12H17NO2. The first kappa shape index (κ1) is 11.6. The Hall–Kier alpha value is -1.51. The van der Waals surface area contributed by atoms with E-state index in [-0.39, 0.29) is 6.04 Å². The second-order valence-corrected chi connectivity index (χ2v) is 3.42. The molecule has 0 unspecified atom stereocenters. The van der Waals surface area contributed by atoms with Crippen molar-refractivity contribution in [2.75, 3.05) is 6.61 Å². The number of hydrogen-bond donors (Lipinski definition) is 1. The fraction of sp³-hybridized carbons (Fsp3) is 0.417. The quantitative estimate of drug-likeness (QED) is 0.727. The van der Waals surface area contributed by atoms with Crippen molar-refractivity contribution in [3.8, 4) is 5.75 Å². The van der Waals surface area contributed by atoms with Crippen molar-refractivity contribution in [2.24, 2.45) is 0 Å². The summed E-state index contributed by atoms with van der Waals surface area (Å²) in [6.07, 6.45) is 1.72. The lowest BCUT2D eigenvalue weighted by atomic mass is 10.1. The van der Waals surface area contributed by atoms with Gasteiger partial charge in [-0.25, -0.2) is 0 Å². The second-order valence-electron chi connectivity index (χ2n) is 3.42. The molecule has 1 atom stereocenters. The van der Waals surface area contributed by atoms with E-state index >= 15 is 0 Å². The van der Waals surface area contributed by atoms with Gasteiger partial charge in [-0.3, -0.25) is 4.79 Å². The zero-order chi connectivity index (χ0) is 11.1. The topological polar surface area (TPSA) is 38.3 Å². The highest BCUT2D eigenvalue weighted by Crippen LogP contribution is 2.17. The van der Waals surface area contributed by atoms with E-state index in [4.69, 9.17) is 4.74 Å². The molecule has 0 saturated carbocycles. The summed E-state index contributed by atoms with van der Waals surface area (Å²) in [6, 6.07) is 7.82. The van der Waals surface area contributed by atoms with Crippen molar-refractivity contribution >= 4 is 6.41 Å². The van der Waals surface area contributed by atoms with Gasteiger partial charge in [-0.2, -0.15) is 0 Å². The summed E-state index contributed by atoms with van der Waals surface area (Å²) in [5, 5.41) is 2.70. The number of carbonyl (C=O) groups is 1. The number of nitrogens with one attached hydrogen (secondary N) is 1. The van der Waals surface area contributed by atoms with Gasteiger partial charge in [0.25, 0.3) is 0 Å². The zero-order valence-corrected chi connectivity index (χ0v) is 9.19. The SMILES string of the molecule is CCCOc1ccc([C@@H](C)NC=O)cc1. The van der Waals surface area contributed by atoms with Crippen LogP contribution in [0.25, 0.3) is 0 Å². The maximum Gasteiger partial charge on any atom is 0.207 e. The van der Waals surface area contributed by atoms with E-state index in [0.29, 0.717) is 6.41 Å². The Kier molecular flexibility index (Phi) is 4.68. The van der Waals surface area contributed by atoms with Crippen molar-refractivity contribution in [1.29, 1.82) is 0 Å². The Balaban J connectivity index is 2.59. The molecule has 0 aromatic heterocycles. The molecule has 3 nitrogen and oxygen atoms in total. The minimum absolute atomic E-state index is 0.0442. The van der Waals surface area contributed by atoms with Gasteiger partial charge < -0.3 is 10.1 Å². The van der Waals surface area contributed by atoms with E-state index in [9.17, 15) is 4.79 Å². The van der Waals surface area contributed by atoms with E-state index in [1.807, 2.05) is 31.2 Å². The summed E-state index contributed by atoms with van der Waals surface area (Å²) in [5.74, 6) is 0.874. The Morgan fingerprint density at radius 1 is 1.40 bits per heavy atom. The third-order valence-electron chi connectivity index (χ3n) is 2.17. The molecule has 0 spiro atoms. The number of ether oxygens (including phenoxy) is 1. The highest BCUT2D eigenvalue weighted by molar-refractivity contribution is 5.47. The predicted octanol–water partition coefficient (Wildman–Crippen LogP) is 2.28. The first-order chi connectivity index (χ1) is 7.27. The van der Waals surface area contributed by atoms with Crippen LogP contribution in [0.5, 0.6) is 5.75 Å². The van der Waals surface area contributed by atoms with Crippen LogP contribution in [0.2, 0.25) is 0 Å². The highest BCUT2D eigenvalue weighted by Gasteiger charge is 2.02. The van der Waals surface area contributed by atoms with Gasteiger partial charge in [-0.1, -0.05) is 19.1 Å². The lowest BCUT2D eigenvalue weighted by Crippen LogP contribution is -2.15. The van der Waals surface area contributed by atoms with Crippen LogP contribution in [-0.2, 0) is 4.79 Å². The zero-order valence-electron chi connectivity index (χ0n) is 9.19. The minimum Gasteiger partial charge on any atom is -0.494 e. The molecule has 0 bridgehead atoms. The van der Waals surface area contributed by atoms with Crippen LogP contribution in [0.15, 0.2) is 24.3 Å². The number of rotatable bonds is 6. The molecule has 82 valence electrons. The number of benzene rings is 1. The van der Waals surface area contributed by atoms with Gasteiger partial charge in [0, 0.05) is 0 Å². The molecule has 0 saturated heterocycles. The first-order valence-corrected chi connectivity index (χ1v) is 5.20. The maximum absolute atomic E-state index is 10.3. The van der Waals surface area contributed by atoms with Gasteiger partial charge in [-0.05, 0) is 31.0 Å². The molecule has 1 aromatic rings.